The first kappa shape index (κ1) is 24.0. The van der Waals surface area contributed by atoms with Gasteiger partial charge in [-0.3, -0.25) is 5.32 Å². The maximum Gasteiger partial charge on any atom is 0.324 e. The zero-order valence-corrected chi connectivity index (χ0v) is 19.4. The minimum absolute atomic E-state index is 0.0691. The van der Waals surface area contributed by atoms with Gasteiger partial charge in [-0.05, 0) is 56.5 Å². The summed E-state index contributed by atoms with van der Waals surface area (Å²) in [6.45, 7) is 7.19. The van der Waals surface area contributed by atoms with Gasteiger partial charge in [-0.15, -0.1) is 0 Å². The molecule has 0 unspecified atom stereocenters. The van der Waals surface area contributed by atoms with Gasteiger partial charge in [0.25, 0.3) is 0 Å². The molecule has 33 heavy (non-hydrogen) atoms. The fourth-order valence-electron chi connectivity index (χ4n) is 3.31. The number of nitrogens with zero attached hydrogens (tertiary/aromatic N) is 2. The van der Waals surface area contributed by atoms with Crippen LogP contribution in [0.25, 0.3) is 5.70 Å². The lowest BCUT2D eigenvalue weighted by Crippen LogP contribution is -2.36. The van der Waals surface area contributed by atoms with Gasteiger partial charge in [-0.2, -0.15) is 0 Å². The first-order valence-electron chi connectivity index (χ1n) is 10.4. The number of amides is 2. The second-order valence-electron chi connectivity index (χ2n) is 8.04. The van der Waals surface area contributed by atoms with Crippen LogP contribution < -0.4 is 22.1 Å². The number of benzene rings is 1. The second kappa shape index (κ2) is 9.45. The Balaban J connectivity index is 1.65. The highest BCUT2D eigenvalue weighted by molar-refractivity contribution is 7.93. The molecule has 1 aromatic carbocycles. The zero-order chi connectivity index (χ0) is 24.2. The summed E-state index contributed by atoms with van der Waals surface area (Å²) < 4.78 is 24.2. The van der Waals surface area contributed by atoms with Crippen molar-refractivity contribution in [1.29, 1.82) is 0 Å². The maximum atomic E-state index is 12.6. The summed E-state index contributed by atoms with van der Waals surface area (Å²) >= 11 is 0. The van der Waals surface area contributed by atoms with Crippen molar-refractivity contribution < 1.29 is 13.2 Å². The van der Waals surface area contributed by atoms with E-state index in [1.54, 1.807) is 62.5 Å². The number of aliphatic imine (C=N–C) groups is 1. The predicted octanol–water partition coefficient (Wildman–Crippen LogP) is 3.25. The number of aromatic nitrogens is 1. The number of sulfone groups is 1. The number of urea groups is 1. The lowest BCUT2D eigenvalue weighted by molar-refractivity contribution is 0.262. The molecule has 2 amide bonds. The Morgan fingerprint density at radius 3 is 2.36 bits per heavy atom. The molecule has 1 aromatic heterocycles. The number of anilines is 2. The van der Waals surface area contributed by atoms with E-state index in [9.17, 15) is 13.2 Å². The molecule has 0 atom stereocenters. The molecule has 0 bridgehead atoms. The fourth-order valence-corrected chi connectivity index (χ4v) is 5.27. The van der Waals surface area contributed by atoms with Gasteiger partial charge in [-0.25, -0.2) is 23.2 Å². The summed E-state index contributed by atoms with van der Waals surface area (Å²) in [5.41, 5.74) is 13.9. The third-order valence-electron chi connectivity index (χ3n) is 5.35. The smallest absolute Gasteiger partial charge is 0.324 e. The maximum absolute atomic E-state index is 12.6. The minimum atomic E-state index is -3.40. The third kappa shape index (κ3) is 5.40. The van der Waals surface area contributed by atoms with Crippen molar-refractivity contribution in [2.75, 3.05) is 10.6 Å². The van der Waals surface area contributed by atoms with E-state index < -0.39 is 25.9 Å². The quantitative estimate of drug-likeness (QED) is 0.345. The molecule has 0 aliphatic heterocycles. The molecule has 2 aromatic rings. The Bertz CT molecular complexity index is 1200. The van der Waals surface area contributed by atoms with Crippen LogP contribution in [-0.2, 0) is 9.84 Å². The molecular formula is C23H28N6O3S. The van der Waals surface area contributed by atoms with Crippen LogP contribution in [0.15, 0.2) is 72.0 Å². The van der Waals surface area contributed by atoms with Crippen LogP contribution in [0.5, 0.6) is 0 Å². The van der Waals surface area contributed by atoms with Crippen LogP contribution in [0, 0.1) is 0 Å². The zero-order valence-electron chi connectivity index (χ0n) is 18.6. The molecule has 1 heterocycles. The average molecular weight is 469 g/mol. The van der Waals surface area contributed by atoms with Crippen molar-refractivity contribution in [3.63, 3.8) is 0 Å². The first-order valence-corrected chi connectivity index (χ1v) is 11.9. The van der Waals surface area contributed by atoms with E-state index in [0.717, 1.165) is 0 Å². The van der Waals surface area contributed by atoms with E-state index in [2.05, 4.69) is 27.2 Å². The van der Waals surface area contributed by atoms with E-state index >= 15 is 0 Å². The molecule has 6 N–H and O–H groups in total. The summed E-state index contributed by atoms with van der Waals surface area (Å²) in [5, 5.41) is 4.81. The highest BCUT2D eigenvalue weighted by Crippen LogP contribution is 2.49. The number of carbonyl (C=O) groups excluding carboxylic acids is 1. The Morgan fingerprint density at radius 2 is 1.82 bits per heavy atom. The Labute approximate surface area is 193 Å². The summed E-state index contributed by atoms with van der Waals surface area (Å²) in [5.74, 6) is 0.506. The SMILES string of the molecule is C=C(N=C(N)/C=C(\N)C1(S(=O)(=O)C(C)C)CC1)c1ccc(NC(=O)Nc2ccccn2)cc1. The monoisotopic (exact) mass is 468 g/mol. The van der Waals surface area contributed by atoms with Gasteiger partial charge < -0.3 is 16.8 Å². The molecule has 1 saturated carbocycles. The minimum Gasteiger partial charge on any atom is -0.401 e. The van der Waals surface area contributed by atoms with Gasteiger partial charge in [0.15, 0.2) is 9.84 Å². The summed E-state index contributed by atoms with van der Waals surface area (Å²) in [6, 6.07) is 11.6. The number of hydrogen-bond acceptors (Lipinski definition) is 6. The van der Waals surface area contributed by atoms with E-state index in [0.29, 0.717) is 35.6 Å². The van der Waals surface area contributed by atoms with Crippen molar-refractivity contribution in [3.05, 3.63) is 72.6 Å². The summed E-state index contributed by atoms with van der Waals surface area (Å²) in [7, 11) is -3.40. The van der Waals surface area contributed by atoms with Crippen LogP contribution in [0.2, 0.25) is 0 Å². The molecular weight excluding hydrogens is 440 g/mol. The molecule has 9 nitrogen and oxygen atoms in total. The molecule has 1 fully saturated rings. The normalized spacial score (nSPS) is 15.7. The third-order valence-corrected chi connectivity index (χ3v) is 8.32. The fraction of sp³-hybridized carbons (Fsp3) is 0.261. The summed E-state index contributed by atoms with van der Waals surface area (Å²) in [4.78, 5) is 20.3. The van der Waals surface area contributed by atoms with Gasteiger partial charge >= 0.3 is 6.03 Å². The number of carbonyl (C=O) groups is 1. The number of nitrogens with two attached hydrogens (primary N) is 2. The molecule has 1 aliphatic rings. The lowest BCUT2D eigenvalue weighted by Gasteiger charge is -2.19. The van der Waals surface area contributed by atoms with Crippen molar-refractivity contribution in [1.82, 2.24) is 4.98 Å². The number of amidine groups is 1. The van der Waals surface area contributed by atoms with Crippen LogP contribution >= 0.6 is 0 Å². The summed E-state index contributed by atoms with van der Waals surface area (Å²) in [6.07, 6.45) is 3.94. The standard InChI is InChI=1S/C23H28N6O3S/c1-15(2)33(31,32)23(11-12-23)19(24)14-20(25)27-16(3)17-7-9-18(10-8-17)28-22(30)29-21-6-4-5-13-26-21/h4-10,13-15H,3,11-12,24H2,1-2H3,(H2,25,27)(H2,26,28,29,30)/b19-14-. The molecule has 3 rings (SSSR count). The Morgan fingerprint density at radius 1 is 1.15 bits per heavy atom. The Kier molecular flexibility index (Phi) is 6.87. The topological polar surface area (TPSA) is 153 Å². The largest absolute Gasteiger partial charge is 0.401 e. The molecule has 174 valence electrons. The van der Waals surface area contributed by atoms with E-state index in [-0.39, 0.29) is 11.5 Å². The second-order valence-corrected chi connectivity index (χ2v) is 10.9. The van der Waals surface area contributed by atoms with Gasteiger partial charge in [0.1, 0.15) is 16.4 Å². The Hall–Kier alpha value is -3.66. The number of hydrogen-bond donors (Lipinski definition) is 4. The molecule has 0 saturated heterocycles. The van der Waals surface area contributed by atoms with Crippen LogP contribution in [-0.4, -0.2) is 35.3 Å². The predicted molar refractivity (Wildman–Crippen MR) is 132 cm³/mol. The van der Waals surface area contributed by atoms with E-state index in [4.69, 9.17) is 11.5 Å². The van der Waals surface area contributed by atoms with Gasteiger partial charge in [0, 0.05) is 23.7 Å². The van der Waals surface area contributed by atoms with Crippen LogP contribution in [0.4, 0.5) is 16.3 Å². The van der Waals surface area contributed by atoms with Gasteiger partial charge in [-0.1, -0.05) is 24.8 Å². The molecule has 0 spiro atoms. The van der Waals surface area contributed by atoms with E-state index in [1.807, 2.05) is 0 Å². The van der Waals surface area contributed by atoms with Crippen LogP contribution in [0.3, 0.4) is 0 Å². The van der Waals surface area contributed by atoms with Crippen molar-refractivity contribution >= 4 is 38.9 Å². The van der Waals surface area contributed by atoms with Crippen molar-refractivity contribution in [3.8, 4) is 0 Å². The number of nitrogens with one attached hydrogen (secondary N) is 2. The number of pyridine rings is 1. The molecule has 10 heteroatoms. The molecule has 0 radical (unpaired) electrons. The highest BCUT2D eigenvalue weighted by Gasteiger charge is 2.57. The average Bonchev–Trinajstić information content (AvgIpc) is 3.57. The van der Waals surface area contributed by atoms with Crippen molar-refractivity contribution in [2.24, 2.45) is 16.5 Å². The highest BCUT2D eigenvalue weighted by atomic mass is 32.2. The van der Waals surface area contributed by atoms with E-state index in [1.165, 1.54) is 6.08 Å². The lowest BCUT2D eigenvalue weighted by atomic mass is 10.1. The first-order chi connectivity index (χ1) is 15.5. The molecule has 1 aliphatic carbocycles. The van der Waals surface area contributed by atoms with Crippen LogP contribution in [0.1, 0.15) is 32.3 Å². The van der Waals surface area contributed by atoms with Crippen molar-refractivity contribution in [2.45, 2.75) is 36.7 Å². The number of rotatable bonds is 8. The van der Waals surface area contributed by atoms with Gasteiger partial charge in [0.2, 0.25) is 0 Å². The van der Waals surface area contributed by atoms with Gasteiger partial charge in [0.05, 0.1) is 10.9 Å².